The average Bonchev–Trinajstić information content (AvgIpc) is 3.07. The molecule has 0 atom stereocenters. The molecule has 3 aromatic rings. The molecule has 1 aliphatic heterocycles. The number of pyridine rings is 2. The van der Waals surface area contributed by atoms with Crippen LogP contribution in [0.2, 0.25) is 0 Å². The lowest BCUT2D eigenvalue weighted by Crippen LogP contribution is -2.44. The second-order valence-electron chi connectivity index (χ2n) is 11.1. The fourth-order valence-electron chi connectivity index (χ4n) is 5.14. The van der Waals surface area contributed by atoms with E-state index in [0.29, 0.717) is 24.7 Å². The fourth-order valence-corrected chi connectivity index (χ4v) is 5.14. The SMILES string of the molecule is CNc1ccc(CN2CCN(Cc3cccc(OC(C)=O)n3)CCN(C)CCN(Cc3cccc(C(=O)OC)n3)CC2)cc1.CS. The Morgan fingerprint density at radius 3 is 1.83 bits per heavy atom. The molecule has 2 aromatic heterocycles. The summed E-state index contributed by atoms with van der Waals surface area (Å²) in [6.07, 6.45) is 1.69. The van der Waals surface area contributed by atoms with Crippen molar-refractivity contribution < 1.29 is 19.1 Å². The molecule has 3 heterocycles. The topological polar surface area (TPSA) is 103 Å². The van der Waals surface area contributed by atoms with E-state index in [9.17, 15) is 9.59 Å². The van der Waals surface area contributed by atoms with Crippen LogP contribution in [0, 0.1) is 0 Å². The van der Waals surface area contributed by atoms with Crippen LogP contribution in [-0.2, 0) is 29.2 Å². The number of carbonyl (C=O) groups excluding carboxylic acids is 2. The zero-order chi connectivity index (χ0) is 33.3. The normalized spacial score (nSPS) is 15.9. The summed E-state index contributed by atoms with van der Waals surface area (Å²) < 4.78 is 10.1. The molecule has 1 fully saturated rings. The molecule has 0 unspecified atom stereocenters. The van der Waals surface area contributed by atoms with Crippen molar-refractivity contribution >= 4 is 30.3 Å². The summed E-state index contributed by atoms with van der Waals surface area (Å²) in [4.78, 5) is 42.4. The van der Waals surface area contributed by atoms with Crippen molar-refractivity contribution in [1.29, 1.82) is 0 Å². The number of nitrogens with zero attached hydrogens (tertiary/aromatic N) is 6. The van der Waals surface area contributed by atoms with Crippen molar-refractivity contribution in [3.05, 3.63) is 83.3 Å². The summed E-state index contributed by atoms with van der Waals surface area (Å²) in [6, 6.07) is 19.7. The van der Waals surface area contributed by atoms with Crippen molar-refractivity contribution in [3.8, 4) is 5.88 Å². The van der Waals surface area contributed by atoms with E-state index in [-0.39, 0.29) is 5.97 Å². The summed E-state index contributed by atoms with van der Waals surface area (Å²) in [5, 5.41) is 3.20. The second kappa shape index (κ2) is 19.9. The highest BCUT2D eigenvalue weighted by atomic mass is 32.1. The maximum Gasteiger partial charge on any atom is 0.356 e. The van der Waals surface area contributed by atoms with E-state index in [4.69, 9.17) is 9.47 Å². The molecular weight excluding hydrogens is 602 g/mol. The number of aromatic nitrogens is 2. The molecule has 1 N–H and O–H groups in total. The van der Waals surface area contributed by atoms with E-state index in [1.807, 2.05) is 31.3 Å². The van der Waals surface area contributed by atoms with Gasteiger partial charge in [0.15, 0.2) is 0 Å². The number of hydrogen-bond acceptors (Lipinski definition) is 12. The Kier molecular flexibility index (Phi) is 15.9. The van der Waals surface area contributed by atoms with E-state index in [1.165, 1.54) is 19.6 Å². The molecule has 4 rings (SSSR count). The van der Waals surface area contributed by atoms with Crippen LogP contribution in [0.15, 0.2) is 60.7 Å². The van der Waals surface area contributed by atoms with Gasteiger partial charge < -0.3 is 19.7 Å². The predicted molar refractivity (Wildman–Crippen MR) is 185 cm³/mol. The second-order valence-corrected chi connectivity index (χ2v) is 11.1. The minimum absolute atomic E-state index is 0.330. The van der Waals surface area contributed by atoms with Gasteiger partial charge in [-0.2, -0.15) is 12.6 Å². The number of thiol groups is 1. The van der Waals surface area contributed by atoms with Crippen LogP contribution >= 0.6 is 12.6 Å². The first-order valence-electron chi connectivity index (χ1n) is 15.6. The lowest BCUT2D eigenvalue weighted by atomic mass is 10.2. The molecule has 0 saturated carbocycles. The van der Waals surface area contributed by atoms with Crippen molar-refractivity contribution in [1.82, 2.24) is 29.6 Å². The summed E-state index contributed by atoms with van der Waals surface area (Å²) in [7, 11) is 5.46. The van der Waals surface area contributed by atoms with E-state index >= 15 is 0 Å². The number of methoxy groups -OCH3 is 1. The maximum atomic E-state index is 12.1. The number of nitrogens with one attached hydrogen (secondary N) is 1. The van der Waals surface area contributed by atoms with Gasteiger partial charge in [0.1, 0.15) is 5.69 Å². The summed E-state index contributed by atoms with van der Waals surface area (Å²) in [6.45, 7) is 10.6. The average molecular weight is 652 g/mol. The molecule has 250 valence electrons. The van der Waals surface area contributed by atoms with Crippen molar-refractivity contribution in [2.24, 2.45) is 0 Å². The lowest BCUT2D eigenvalue weighted by molar-refractivity contribution is -0.132. The van der Waals surface area contributed by atoms with Crippen molar-refractivity contribution in [2.45, 2.75) is 26.6 Å². The van der Waals surface area contributed by atoms with Gasteiger partial charge in [-0.3, -0.25) is 19.5 Å². The third-order valence-corrected chi connectivity index (χ3v) is 7.71. The van der Waals surface area contributed by atoms with E-state index in [2.05, 4.69) is 78.8 Å². The van der Waals surface area contributed by atoms with Crippen LogP contribution in [0.5, 0.6) is 5.88 Å². The van der Waals surface area contributed by atoms with Crippen LogP contribution in [0.1, 0.15) is 34.4 Å². The largest absolute Gasteiger partial charge is 0.464 e. The number of carbonyl (C=O) groups is 2. The van der Waals surface area contributed by atoms with Gasteiger partial charge in [-0.25, -0.2) is 14.8 Å². The van der Waals surface area contributed by atoms with Gasteiger partial charge in [0, 0.05) is 97.7 Å². The number of ether oxygens (including phenoxy) is 2. The monoisotopic (exact) mass is 651 g/mol. The third-order valence-electron chi connectivity index (χ3n) is 7.71. The minimum atomic E-state index is -0.423. The van der Waals surface area contributed by atoms with Gasteiger partial charge in [-0.05, 0) is 49.2 Å². The van der Waals surface area contributed by atoms with Crippen LogP contribution in [0.4, 0.5) is 5.69 Å². The minimum Gasteiger partial charge on any atom is -0.464 e. The summed E-state index contributed by atoms with van der Waals surface area (Å²) in [5.41, 5.74) is 4.41. The van der Waals surface area contributed by atoms with E-state index < -0.39 is 5.97 Å². The molecule has 0 aliphatic carbocycles. The first-order chi connectivity index (χ1) is 22.3. The smallest absolute Gasteiger partial charge is 0.356 e. The lowest BCUT2D eigenvalue weighted by Gasteiger charge is -2.33. The molecule has 1 aliphatic rings. The van der Waals surface area contributed by atoms with E-state index in [1.54, 1.807) is 18.4 Å². The Morgan fingerprint density at radius 1 is 0.761 bits per heavy atom. The van der Waals surface area contributed by atoms with Crippen molar-refractivity contribution in [2.75, 3.05) is 85.1 Å². The zero-order valence-electron chi connectivity index (χ0n) is 27.8. The van der Waals surface area contributed by atoms with Gasteiger partial charge in [-0.1, -0.05) is 24.3 Å². The van der Waals surface area contributed by atoms with Crippen LogP contribution < -0.4 is 10.1 Å². The third kappa shape index (κ3) is 12.7. The molecule has 0 spiro atoms. The number of hydrogen-bond donors (Lipinski definition) is 2. The highest BCUT2D eigenvalue weighted by molar-refractivity contribution is 7.79. The van der Waals surface area contributed by atoms with Crippen LogP contribution in [-0.4, -0.2) is 121 Å². The van der Waals surface area contributed by atoms with Gasteiger partial charge in [0.2, 0.25) is 5.88 Å². The first-order valence-corrected chi connectivity index (χ1v) is 16.5. The van der Waals surface area contributed by atoms with E-state index in [0.717, 1.165) is 76.0 Å². The van der Waals surface area contributed by atoms with Crippen LogP contribution in [0.3, 0.4) is 0 Å². The molecule has 1 saturated heterocycles. The first kappa shape index (κ1) is 36.9. The zero-order valence-corrected chi connectivity index (χ0v) is 28.7. The highest BCUT2D eigenvalue weighted by Gasteiger charge is 2.18. The standard InChI is InChI=1S/C33H45N7O4.CH4S/c1-26(41)44-32-10-6-8-30(36-32)25-40-18-16-37(3)15-17-39(24-29-7-5-9-31(35-29)33(42)43-4)21-19-38(20-22-40)23-27-11-13-28(34-2)14-12-27;1-2/h5-14,34H,15-25H2,1-4H3;2H,1H3. The Labute approximate surface area is 279 Å². The van der Waals surface area contributed by atoms with Gasteiger partial charge >= 0.3 is 11.9 Å². The molecule has 0 amide bonds. The summed E-state index contributed by atoms with van der Waals surface area (Å²) >= 11 is 3.53. The molecule has 11 nitrogen and oxygen atoms in total. The number of esters is 2. The maximum absolute atomic E-state index is 12.1. The Hall–Kier alpha value is -3.55. The van der Waals surface area contributed by atoms with Gasteiger partial charge in [0.25, 0.3) is 0 Å². The highest BCUT2D eigenvalue weighted by Crippen LogP contribution is 2.14. The number of anilines is 1. The Balaban J connectivity index is 0.00000282. The predicted octanol–water partition coefficient (Wildman–Crippen LogP) is 3.53. The molecule has 1 aromatic carbocycles. The molecule has 12 heteroatoms. The Morgan fingerprint density at radius 2 is 1.28 bits per heavy atom. The molecular formula is C34H49N7O4S. The van der Waals surface area contributed by atoms with Crippen LogP contribution in [0.25, 0.3) is 0 Å². The quantitative estimate of drug-likeness (QED) is 0.263. The van der Waals surface area contributed by atoms with Gasteiger partial charge in [0.05, 0.1) is 18.5 Å². The van der Waals surface area contributed by atoms with Crippen molar-refractivity contribution in [3.63, 3.8) is 0 Å². The fraction of sp³-hybridized carbons (Fsp3) is 0.471. The molecule has 0 radical (unpaired) electrons. The summed E-state index contributed by atoms with van der Waals surface area (Å²) in [5.74, 6) is -0.463. The number of rotatable bonds is 9. The Bertz CT molecular complexity index is 1360. The number of benzene rings is 1. The number of likely N-dealkylation sites (N-methyl/N-ethyl adjacent to an activating group) is 1. The molecule has 0 bridgehead atoms. The molecule has 46 heavy (non-hydrogen) atoms. The van der Waals surface area contributed by atoms with Gasteiger partial charge in [-0.15, -0.1) is 0 Å².